The third kappa shape index (κ3) is 4.93. The number of hydrogen-bond donors (Lipinski definition) is 1. The normalized spacial score (nSPS) is 19.7. The molecule has 21 heavy (non-hydrogen) atoms. The predicted octanol–water partition coefficient (Wildman–Crippen LogP) is 2.30. The maximum absolute atomic E-state index is 12.0. The van der Waals surface area contributed by atoms with Gasteiger partial charge in [0.25, 0.3) is 0 Å². The average molecular weight is 302 g/mol. The molecular weight excluding hydrogens is 285 g/mol. The number of halogens is 3. The number of carbonyl (C=O) groups excluding carboxylic acids is 1. The number of amides is 1. The van der Waals surface area contributed by atoms with Crippen molar-refractivity contribution in [3.63, 3.8) is 0 Å². The SMILES string of the molecule is CN1CC(NCc2ccc(OC(F)(F)F)cc2)CCC1=O. The Morgan fingerprint density at radius 3 is 2.57 bits per heavy atom. The van der Waals surface area contributed by atoms with Gasteiger partial charge in [0.05, 0.1) is 0 Å². The summed E-state index contributed by atoms with van der Waals surface area (Å²) in [4.78, 5) is 13.0. The summed E-state index contributed by atoms with van der Waals surface area (Å²) in [5.41, 5.74) is 0.865. The van der Waals surface area contributed by atoms with Crippen LogP contribution in [0.25, 0.3) is 0 Å². The van der Waals surface area contributed by atoms with E-state index in [9.17, 15) is 18.0 Å². The van der Waals surface area contributed by atoms with E-state index in [-0.39, 0.29) is 17.7 Å². The summed E-state index contributed by atoms with van der Waals surface area (Å²) in [7, 11) is 1.76. The molecule has 0 radical (unpaired) electrons. The summed E-state index contributed by atoms with van der Waals surface area (Å²) in [6.45, 7) is 1.19. The number of ether oxygens (including phenoxy) is 1. The van der Waals surface area contributed by atoms with Gasteiger partial charge in [-0.3, -0.25) is 4.79 Å². The first-order valence-corrected chi connectivity index (χ1v) is 6.65. The zero-order valence-electron chi connectivity index (χ0n) is 11.6. The van der Waals surface area contributed by atoms with Crippen LogP contribution in [0.2, 0.25) is 0 Å². The summed E-state index contributed by atoms with van der Waals surface area (Å²) in [6, 6.07) is 5.97. The zero-order valence-corrected chi connectivity index (χ0v) is 11.6. The lowest BCUT2D eigenvalue weighted by Crippen LogP contribution is -2.46. The van der Waals surface area contributed by atoms with Crippen molar-refractivity contribution in [1.82, 2.24) is 10.2 Å². The molecule has 1 aromatic carbocycles. The van der Waals surface area contributed by atoms with E-state index in [1.54, 1.807) is 24.1 Å². The fourth-order valence-electron chi connectivity index (χ4n) is 2.25. The van der Waals surface area contributed by atoms with Crippen LogP contribution < -0.4 is 10.1 Å². The molecule has 1 amide bonds. The number of carbonyl (C=O) groups is 1. The van der Waals surface area contributed by atoms with E-state index in [0.717, 1.165) is 12.0 Å². The summed E-state index contributed by atoms with van der Waals surface area (Å²) in [5, 5.41) is 3.30. The van der Waals surface area contributed by atoms with Crippen LogP contribution in [0.1, 0.15) is 18.4 Å². The largest absolute Gasteiger partial charge is 0.573 e. The van der Waals surface area contributed by atoms with Crippen LogP contribution in [0.4, 0.5) is 13.2 Å². The lowest BCUT2D eigenvalue weighted by molar-refractivity contribution is -0.274. The van der Waals surface area contributed by atoms with Crippen molar-refractivity contribution in [3.05, 3.63) is 29.8 Å². The first kappa shape index (κ1) is 15.6. The number of hydrogen-bond acceptors (Lipinski definition) is 3. The van der Waals surface area contributed by atoms with E-state index >= 15 is 0 Å². The molecule has 0 saturated carbocycles. The van der Waals surface area contributed by atoms with Gasteiger partial charge in [-0.1, -0.05) is 12.1 Å². The van der Waals surface area contributed by atoms with E-state index in [4.69, 9.17) is 0 Å². The third-order valence-corrected chi connectivity index (χ3v) is 3.38. The van der Waals surface area contributed by atoms with Crippen LogP contribution in [-0.2, 0) is 11.3 Å². The molecule has 1 aliphatic heterocycles. The lowest BCUT2D eigenvalue weighted by atomic mass is 10.1. The number of alkyl halides is 3. The fraction of sp³-hybridized carbons (Fsp3) is 0.500. The van der Waals surface area contributed by atoms with E-state index in [1.807, 2.05) is 0 Å². The lowest BCUT2D eigenvalue weighted by Gasteiger charge is -2.30. The molecule has 1 atom stereocenters. The second-order valence-corrected chi connectivity index (χ2v) is 5.08. The highest BCUT2D eigenvalue weighted by atomic mass is 19.4. The maximum atomic E-state index is 12.0. The monoisotopic (exact) mass is 302 g/mol. The highest BCUT2D eigenvalue weighted by Gasteiger charge is 2.31. The van der Waals surface area contributed by atoms with Gasteiger partial charge in [-0.05, 0) is 24.1 Å². The molecule has 7 heteroatoms. The topological polar surface area (TPSA) is 41.6 Å². The van der Waals surface area contributed by atoms with Crippen molar-refractivity contribution in [2.75, 3.05) is 13.6 Å². The molecule has 1 aromatic rings. The summed E-state index contributed by atoms with van der Waals surface area (Å²) in [5.74, 6) is -0.0871. The van der Waals surface area contributed by atoms with Crippen molar-refractivity contribution in [3.8, 4) is 5.75 Å². The van der Waals surface area contributed by atoms with Crippen molar-refractivity contribution in [2.24, 2.45) is 0 Å². The smallest absolute Gasteiger partial charge is 0.406 e. The number of likely N-dealkylation sites (N-methyl/N-ethyl adjacent to an activating group) is 1. The van der Waals surface area contributed by atoms with E-state index in [0.29, 0.717) is 19.5 Å². The molecule has 1 N–H and O–H groups in total. The molecule has 116 valence electrons. The standard InChI is InChI=1S/C14H17F3N2O2/c1-19-9-11(4-7-13(19)20)18-8-10-2-5-12(6-3-10)21-14(15,16)17/h2-3,5-6,11,18H,4,7-9H2,1H3. The number of rotatable bonds is 4. The van der Waals surface area contributed by atoms with Crippen LogP contribution in [0.5, 0.6) is 5.75 Å². The molecule has 1 aliphatic rings. The molecule has 0 aliphatic carbocycles. The minimum Gasteiger partial charge on any atom is -0.406 e. The Labute approximate surface area is 120 Å². The Balaban J connectivity index is 1.82. The van der Waals surface area contributed by atoms with Gasteiger partial charge in [-0.15, -0.1) is 13.2 Å². The molecule has 1 fully saturated rings. The Morgan fingerprint density at radius 1 is 1.33 bits per heavy atom. The number of likely N-dealkylation sites (tertiary alicyclic amines) is 1. The van der Waals surface area contributed by atoms with Gasteiger partial charge in [-0.2, -0.15) is 0 Å². The predicted molar refractivity (Wildman–Crippen MR) is 70.6 cm³/mol. The third-order valence-electron chi connectivity index (χ3n) is 3.38. The molecule has 2 rings (SSSR count). The Hall–Kier alpha value is -1.76. The molecular formula is C14H17F3N2O2. The van der Waals surface area contributed by atoms with Gasteiger partial charge < -0.3 is 15.0 Å². The van der Waals surface area contributed by atoms with Crippen molar-refractivity contribution in [1.29, 1.82) is 0 Å². The number of nitrogens with one attached hydrogen (secondary N) is 1. The summed E-state index contributed by atoms with van der Waals surface area (Å²) < 4.78 is 39.9. The van der Waals surface area contributed by atoms with Gasteiger partial charge in [0.2, 0.25) is 5.91 Å². The van der Waals surface area contributed by atoms with Crippen LogP contribution in [0.15, 0.2) is 24.3 Å². The highest BCUT2D eigenvalue weighted by molar-refractivity contribution is 5.76. The number of piperidine rings is 1. The minimum atomic E-state index is -4.67. The van der Waals surface area contributed by atoms with Gasteiger partial charge in [0.15, 0.2) is 0 Å². The number of benzene rings is 1. The van der Waals surface area contributed by atoms with Crippen LogP contribution in [0, 0.1) is 0 Å². The number of nitrogens with zero attached hydrogens (tertiary/aromatic N) is 1. The van der Waals surface area contributed by atoms with Crippen molar-refractivity contribution >= 4 is 5.91 Å². The Bertz CT molecular complexity index is 488. The first-order chi connectivity index (χ1) is 9.83. The Kier molecular flexibility index (Phi) is 4.72. The summed E-state index contributed by atoms with van der Waals surface area (Å²) in [6.07, 6.45) is -3.37. The van der Waals surface area contributed by atoms with E-state index in [1.165, 1.54) is 12.1 Å². The highest BCUT2D eigenvalue weighted by Crippen LogP contribution is 2.22. The average Bonchev–Trinajstić information content (AvgIpc) is 2.40. The van der Waals surface area contributed by atoms with Gasteiger partial charge in [-0.25, -0.2) is 0 Å². The van der Waals surface area contributed by atoms with Crippen molar-refractivity contribution in [2.45, 2.75) is 31.8 Å². The van der Waals surface area contributed by atoms with Gasteiger partial charge >= 0.3 is 6.36 Å². The molecule has 1 unspecified atom stereocenters. The van der Waals surface area contributed by atoms with Gasteiger partial charge in [0, 0.05) is 32.6 Å². The zero-order chi connectivity index (χ0) is 15.5. The second-order valence-electron chi connectivity index (χ2n) is 5.08. The fourth-order valence-corrected chi connectivity index (χ4v) is 2.25. The minimum absolute atomic E-state index is 0.140. The van der Waals surface area contributed by atoms with Gasteiger partial charge in [0.1, 0.15) is 5.75 Å². The quantitative estimate of drug-likeness (QED) is 0.928. The van der Waals surface area contributed by atoms with E-state index in [2.05, 4.69) is 10.1 Å². The van der Waals surface area contributed by atoms with Crippen LogP contribution in [-0.4, -0.2) is 36.8 Å². The first-order valence-electron chi connectivity index (χ1n) is 6.65. The van der Waals surface area contributed by atoms with E-state index < -0.39 is 6.36 Å². The Morgan fingerprint density at radius 2 is 2.00 bits per heavy atom. The van der Waals surface area contributed by atoms with Crippen molar-refractivity contribution < 1.29 is 22.7 Å². The molecule has 1 saturated heterocycles. The molecule has 0 aromatic heterocycles. The molecule has 0 spiro atoms. The maximum Gasteiger partial charge on any atom is 0.573 e. The van der Waals surface area contributed by atoms with Crippen LogP contribution in [0.3, 0.4) is 0 Å². The summed E-state index contributed by atoms with van der Waals surface area (Å²) >= 11 is 0. The molecule has 1 heterocycles. The van der Waals surface area contributed by atoms with Crippen LogP contribution >= 0.6 is 0 Å². The molecule has 0 bridgehead atoms. The second kappa shape index (κ2) is 6.34. The molecule has 4 nitrogen and oxygen atoms in total.